The Hall–Kier alpha value is -2.09. The van der Waals surface area contributed by atoms with Crippen molar-refractivity contribution < 1.29 is 4.79 Å². The summed E-state index contributed by atoms with van der Waals surface area (Å²) in [6.07, 6.45) is 9.03. The van der Waals surface area contributed by atoms with Crippen LogP contribution in [0.4, 0.5) is 5.69 Å². The molecule has 26 heavy (non-hydrogen) atoms. The summed E-state index contributed by atoms with van der Waals surface area (Å²) < 4.78 is 0. The van der Waals surface area contributed by atoms with Gasteiger partial charge in [0.25, 0.3) is 0 Å². The lowest BCUT2D eigenvalue weighted by Crippen LogP contribution is -2.48. The van der Waals surface area contributed by atoms with E-state index < -0.39 is 0 Å². The molecule has 4 aliphatic rings. The minimum absolute atomic E-state index is 0.0544. The number of rotatable bonds is 4. The molecule has 4 fully saturated rings. The van der Waals surface area contributed by atoms with Crippen molar-refractivity contribution in [1.82, 2.24) is 0 Å². The van der Waals surface area contributed by atoms with Crippen LogP contribution < -0.4 is 5.32 Å². The van der Waals surface area contributed by atoms with E-state index in [4.69, 9.17) is 0 Å². The molecule has 0 saturated heterocycles. The number of carbonyl (C=O) groups excluding carboxylic acids is 1. The second-order valence-electron chi connectivity index (χ2n) is 8.99. The summed E-state index contributed by atoms with van der Waals surface area (Å²) in [5.41, 5.74) is 3.91. The maximum atomic E-state index is 12.3. The highest BCUT2D eigenvalue weighted by molar-refractivity contribution is 5.92. The quantitative estimate of drug-likeness (QED) is 0.796. The van der Waals surface area contributed by atoms with Gasteiger partial charge in [-0.05, 0) is 85.0 Å². The molecule has 2 aromatic rings. The van der Waals surface area contributed by atoms with E-state index in [-0.39, 0.29) is 5.91 Å². The molecule has 0 atom stereocenters. The first-order chi connectivity index (χ1) is 12.7. The monoisotopic (exact) mass is 345 g/mol. The zero-order valence-electron chi connectivity index (χ0n) is 15.3. The minimum Gasteiger partial charge on any atom is -0.326 e. The van der Waals surface area contributed by atoms with Gasteiger partial charge in [0.2, 0.25) is 5.91 Å². The van der Waals surface area contributed by atoms with Crippen LogP contribution in [0.2, 0.25) is 0 Å². The van der Waals surface area contributed by atoms with E-state index in [2.05, 4.69) is 29.6 Å². The number of amides is 1. The number of hydrogen-bond donors (Lipinski definition) is 1. The summed E-state index contributed by atoms with van der Waals surface area (Å²) in [6.45, 7) is 0. The molecule has 0 aromatic heterocycles. The van der Waals surface area contributed by atoms with Gasteiger partial charge in [-0.15, -0.1) is 0 Å². The SMILES string of the molecule is O=C(Cc1ccccc1)Nc1ccc(C23CC4CC(CC(C4)C2)C3)cc1. The number of anilines is 1. The van der Waals surface area contributed by atoms with Crippen LogP contribution in [0.5, 0.6) is 0 Å². The number of benzene rings is 2. The van der Waals surface area contributed by atoms with Crippen molar-refractivity contribution in [2.24, 2.45) is 17.8 Å². The van der Waals surface area contributed by atoms with Crippen LogP contribution in [0.15, 0.2) is 54.6 Å². The predicted molar refractivity (Wildman–Crippen MR) is 105 cm³/mol. The number of hydrogen-bond acceptors (Lipinski definition) is 1. The molecule has 0 heterocycles. The standard InChI is InChI=1S/C24H27NO/c26-23(13-17-4-2-1-3-5-17)25-22-8-6-21(7-9-22)24-14-18-10-19(15-24)12-20(11-18)16-24/h1-9,18-20H,10-16H2,(H,25,26). The molecule has 0 unspecified atom stereocenters. The fourth-order valence-corrected chi connectivity index (χ4v) is 6.36. The van der Waals surface area contributed by atoms with Gasteiger partial charge < -0.3 is 5.32 Å². The van der Waals surface area contributed by atoms with Crippen molar-refractivity contribution in [3.8, 4) is 0 Å². The molecular weight excluding hydrogens is 318 g/mol. The largest absolute Gasteiger partial charge is 0.326 e. The van der Waals surface area contributed by atoms with Gasteiger partial charge in [-0.25, -0.2) is 0 Å². The summed E-state index contributed by atoms with van der Waals surface area (Å²) in [7, 11) is 0. The van der Waals surface area contributed by atoms with Crippen molar-refractivity contribution in [1.29, 1.82) is 0 Å². The first kappa shape index (κ1) is 16.1. The van der Waals surface area contributed by atoms with Gasteiger partial charge in [0.05, 0.1) is 6.42 Å². The van der Waals surface area contributed by atoms with Gasteiger partial charge in [-0.2, -0.15) is 0 Å². The minimum atomic E-state index is 0.0544. The Kier molecular flexibility index (Phi) is 3.88. The van der Waals surface area contributed by atoms with Gasteiger partial charge in [-0.1, -0.05) is 42.5 Å². The summed E-state index contributed by atoms with van der Waals surface area (Å²) in [6, 6.07) is 18.7. The van der Waals surface area contributed by atoms with Gasteiger partial charge in [0, 0.05) is 5.69 Å². The van der Waals surface area contributed by atoms with Crippen molar-refractivity contribution >= 4 is 11.6 Å². The third kappa shape index (κ3) is 2.96. The highest BCUT2D eigenvalue weighted by atomic mass is 16.1. The van der Waals surface area contributed by atoms with E-state index in [0.29, 0.717) is 11.8 Å². The molecule has 0 spiro atoms. The topological polar surface area (TPSA) is 29.1 Å². The Labute approximate surface area is 156 Å². The summed E-state index contributed by atoms with van der Waals surface area (Å²) >= 11 is 0. The van der Waals surface area contributed by atoms with Gasteiger partial charge >= 0.3 is 0 Å². The molecule has 0 radical (unpaired) electrons. The summed E-state index contributed by atoms with van der Waals surface area (Å²) in [4.78, 5) is 12.3. The van der Waals surface area contributed by atoms with E-state index in [1.807, 2.05) is 30.3 Å². The lowest BCUT2D eigenvalue weighted by molar-refractivity contribution is -0.115. The van der Waals surface area contributed by atoms with Crippen LogP contribution in [-0.4, -0.2) is 5.91 Å². The van der Waals surface area contributed by atoms with E-state index in [1.54, 1.807) is 0 Å². The Morgan fingerprint density at radius 2 is 1.42 bits per heavy atom. The van der Waals surface area contributed by atoms with Crippen LogP contribution in [-0.2, 0) is 16.6 Å². The lowest BCUT2D eigenvalue weighted by atomic mass is 9.48. The van der Waals surface area contributed by atoms with Crippen LogP contribution in [0.25, 0.3) is 0 Å². The molecule has 6 rings (SSSR count). The van der Waals surface area contributed by atoms with Crippen LogP contribution in [0.1, 0.15) is 49.7 Å². The zero-order valence-corrected chi connectivity index (χ0v) is 15.3. The molecule has 134 valence electrons. The third-order valence-corrected chi connectivity index (χ3v) is 7.03. The van der Waals surface area contributed by atoms with E-state index in [1.165, 1.54) is 44.1 Å². The Morgan fingerprint density at radius 3 is 2.00 bits per heavy atom. The van der Waals surface area contributed by atoms with Crippen LogP contribution in [0.3, 0.4) is 0 Å². The third-order valence-electron chi connectivity index (χ3n) is 7.03. The first-order valence-corrected chi connectivity index (χ1v) is 10.1. The van der Waals surface area contributed by atoms with E-state index in [9.17, 15) is 4.79 Å². The highest BCUT2D eigenvalue weighted by Crippen LogP contribution is 2.60. The lowest BCUT2D eigenvalue weighted by Gasteiger charge is -2.57. The Balaban J connectivity index is 1.28. The first-order valence-electron chi connectivity index (χ1n) is 10.1. The molecule has 1 N–H and O–H groups in total. The molecular formula is C24H27NO. The average Bonchev–Trinajstić information content (AvgIpc) is 2.62. The predicted octanol–water partition coefficient (Wildman–Crippen LogP) is 5.34. The molecule has 0 aliphatic heterocycles. The van der Waals surface area contributed by atoms with E-state index in [0.717, 1.165) is 29.0 Å². The molecule has 4 aliphatic carbocycles. The maximum absolute atomic E-state index is 12.3. The smallest absolute Gasteiger partial charge is 0.228 e. The zero-order chi connectivity index (χ0) is 17.6. The van der Waals surface area contributed by atoms with Crippen molar-refractivity contribution in [2.45, 2.75) is 50.4 Å². The molecule has 2 heteroatoms. The number of nitrogens with one attached hydrogen (secondary N) is 1. The maximum Gasteiger partial charge on any atom is 0.228 e. The fourth-order valence-electron chi connectivity index (χ4n) is 6.36. The molecule has 1 amide bonds. The van der Waals surface area contributed by atoms with Crippen LogP contribution in [0, 0.1) is 17.8 Å². The normalized spacial score (nSPS) is 31.8. The average molecular weight is 345 g/mol. The summed E-state index contributed by atoms with van der Waals surface area (Å²) in [5, 5.41) is 3.05. The number of carbonyl (C=O) groups is 1. The van der Waals surface area contributed by atoms with E-state index >= 15 is 0 Å². The van der Waals surface area contributed by atoms with Gasteiger partial charge in [-0.3, -0.25) is 4.79 Å². The molecule has 4 bridgehead atoms. The second kappa shape index (κ2) is 6.26. The molecule has 2 nitrogen and oxygen atoms in total. The molecule has 4 saturated carbocycles. The van der Waals surface area contributed by atoms with Crippen LogP contribution >= 0.6 is 0 Å². The van der Waals surface area contributed by atoms with Crippen molar-refractivity contribution in [3.05, 3.63) is 65.7 Å². The molecule has 2 aromatic carbocycles. The van der Waals surface area contributed by atoms with Crippen molar-refractivity contribution in [2.75, 3.05) is 5.32 Å². The Morgan fingerprint density at radius 1 is 0.846 bits per heavy atom. The second-order valence-corrected chi connectivity index (χ2v) is 8.99. The van der Waals surface area contributed by atoms with Gasteiger partial charge in [0.15, 0.2) is 0 Å². The van der Waals surface area contributed by atoms with Gasteiger partial charge in [0.1, 0.15) is 0 Å². The summed E-state index contributed by atoms with van der Waals surface area (Å²) in [5.74, 6) is 2.95. The van der Waals surface area contributed by atoms with Crippen molar-refractivity contribution in [3.63, 3.8) is 0 Å². The Bertz CT molecular complexity index is 757. The highest BCUT2D eigenvalue weighted by Gasteiger charge is 2.51. The fraction of sp³-hybridized carbons (Fsp3) is 0.458.